The molecule has 1 aliphatic carbocycles. The molecule has 3 rings (SSSR count). The molecule has 1 saturated carbocycles. The highest BCUT2D eigenvalue weighted by atomic mass is 16.3. The van der Waals surface area contributed by atoms with E-state index in [1.165, 1.54) is 12.8 Å². The van der Waals surface area contributed by atoms with Crippen molar-refractivity contribution in [3.8, 4) is 0 Å². The summed E-state index contributed by atoms with van der Waals surface area (Å²) in [5, 5.41) is 3.84. The normalized spacial score (nSPS) is 22.1. The second-order valence-electron chi connectivity index (χ2n) is 4.90. The maximum Gasteiger partial charge on any atom is 0.287 e. The van der Waals surface area contributed by atoms with Gasteiger partial charge in [0.25, 0.3) is 5.91 Å². The Morgan fingerprint density at radius 3 is 3.17 bits per heavy atom. The quantitative estimate of drug-likeness (QED) is 0.899. The van der Waals surface area contributed by atoms with E-state index in [9.17, 15) is 4.79 Å². The molecule has 2 aromatic rings. The van der Waals surface area contributed by atoms with Crippen molar-refractivity contribution < 1.29 is 9.21 Å². The number of carbonyl (C=O) groups excluding carboxylic acids is 1. The standard InChI is InChI=1S/C14H16N2O2/c1-2-9-5-11(9)7-16-14(17)12-6-10-3-4-15-8-13(10)18-12/h3-4,6,8-9,11H,2,5,7H2,1H3,(H,16,17). The molecule has 2 unspecified atom stereocenters. The first-order chi connectivity index (χ1) is 8.78. The molecule has 2 heterocycles. The summed E-state index contributed by atoms with van der Waals surface area (Å²) >= 11 is 0. The van der Waals surface area contributed by atoms with Crippen LogP contribution in [0.5, 0.6) is 0 Å². The third kappa shape index (κ3) is 2.10. The minimum atomic E-state index is -0.132. The van der Waals surface area contributed by atoms with Crippen LogP contribution in [0.2, 0.25) is 0 Å². The Hall–Kier alpha value is -1.84. The maximum absolute atomic E-state index is 11.9. The summed E-state index contributed by atoms with van der Waals surface area (Å²) in [6.07, 6.45) is 5.76. The van der Waals surface area contributed by atoms with Gasteiger partial charge in [0.2, 0.25) is 0 Å². The lowest BCUT2D eigenvalue weighted by Gasteiger charge is -2.01. The first kappa shape index (κ1) is 11.3. The van der Waals surface area contributed by atoms with E-state index < -0.39 is 0 Å². The van der Waals surface area contributed by atoms with Crippen molar-refractivity contribution in [2.45, 2.75) is 19.8 Å². The van der Waals surface area contributed by atoms with Gasteiger partial charge in [-0.3, -0.25) is 9.78 Å². The van der Waals surface area contributed by atoms with Crippen molar-refractivity contribution in [3.05, 3.63) is 30.3 Å². The van der Waals surface area contributed by atoms with Gasteiger partial charge in [-0.15, -0.1) is 0 Å². The molecule has 0 aliphatic heterocycles. The highest BCUT2D eigenvalue weighted by molar-refractivity contribution is 5.95. The summed E-state index contributed by atoms with van der Waals surface area (Å²) in [4.78, 5) is 15.9. The summed E-state index contributed by atoms with van der Waals surface area (Å²) in [6.45, 7) is 2.95. The van der Waals surface area contributed by atoms with Crippen LogP contribution >= 0.6 is 0 Å². The van der Waals surface area contributed by atoms with Gasteiger partial charge in [0.05, 0.1) is 6.20 Å². The topological polar surface area (TPSA) is 55.1 Å². The molecule has 2 atom stereocenters. The summed E-state index contributed by atoms with van der Waals surface area (Å²) in [5.74, 6) is 1.69. The van der Waals surface area contributed by atoms with E-state index in [1.807, 2.05) is 6.07 Å². The minimum absolute atomic E-state index is 0.132. The average molecular weight is 244 g/mol. The zero-order chi connectivity index (χ0) is 12.5. The number of amides is 1. The number of nitrogens with zero attached hydrogens (tertiary/aromatic N) is 1. The van der Waals surface area contributed by atoms with Crippen molar-refractivity contribution >= 4 is 16.9 Å². The lowest BCUT2D eigenvalue weighted by molar-refractivity contribution is 0.0925. The third-order valence-electron chi connectivity index (χ3n) is 3.66. The second-order valence-corrected chi connectivity index (χ2v) is 4.90. The van der Waals surface area contributed by atoms with E-state index in [1.54, 1.807) is 18.5 Å². The van der Waals surface area contributed by atoms with Crippen LogP contribution < -0.4 is 5.32 Å². The van der Waals surface area contributed by atoms with Gasteiger partial charge in [0, 0.05) is 18.1 Å². The van der Waals surface area contributed by atoms with Crippen LogP contribution in [-0.2, 0) is 0 Å². The Balaban J connectivity index is 1.65. The molecule has 0 bridgehead atoms. The molecule has 2 aromatic heterocycles. The summed E-state index contributed by atoms with van der Waals surface area (Å²) in [7, 11) is 0. The fraction of sp³-hybridized carbons (Fsp3) is 0.429. The Kier molecular flexibility index (Phi) is 2.78. The number of carbonyl (C=O) groups is 1. The number of rotatable bonds is 4. The molecule has 0 spiro atoms. The predicted molar refractivity (Wildman–Crippen MR) is 68.2 cm³/mol. The smallest absolute Gasteiger partial charge is 0.287 e. The Morgan fingerprint density at radius 1 is 1.56 bits per heavy atom. The first-order valence-corrected chi connectivity index (χ1v) is 6.39. The van der Waals surface area contributed by atoms with Gasteiger partial charge < -0.3 is 9.73 Å². The summed E-state index contributed by atoms with van der Waals surface area (Å²) in [5.41, 5.74) is 0.653. The highest BCUT2D eigenvalue weighted by Gasteiger charge is 2.35. The van der Waals surface area contributed by atoms with Gasteiger partial charge in [-0.05, 0) is 30.4 Å². The van der Waals surface area contributed by atoms with Crippen LogP contribution in [0, 0.1) is 11.8 Å². The molecule has 0 radical (unpaired) electrons. The largest absolute Gasteiger partial charge is 0.449 e. The van der Waals surface area contributed by atoms with Crippen molar-refractivity contribution in [2.75, 3.05) is 6.54 Å². The highest BCUT2D eigenvalue weighted by Crippen LogP contribution is 2.40. The van der Waals surface area contributed by atoms with Crippen LogP contribution in [0.25, 0.3) is 11.0 Å². The number of hydrogen-bond donors (Lipinski definition) is 1. The maximum atomic E-state index is 11.9. The molecule has 94 valence electrons. The van der Waals surface area contributed by atoms with Crippen molar-refractivity contribution in [1.29, 1.82) is 0 Å². The van der Waals surface area contributed by atoms with Gasteiger partial charge in [0.15, 0.2) is 11.3 Å². The molecular weight excluding hydrogens is 228 g/mol. The molecule has 0 aromatic carbocycles. The molecule has 18 heavy (non-hydrogen) atoms. The van der Waals surface area contributed by atoms with Crippen LogP contribution in [0.15, 0.2) is 28.9 Å². The molecule has 1 N–H and O–H groups in total. The van der Waals surface area contributed by atoms with Gasteiger partial charge in [-0.25, -0.2) is 0 Å². The van der Waals surface area contributed by atoms with Crippen molar-refractivity contribution in [1.82, 2.24) is 10.3 Å². The van der Waals surface area contributed by atoms with E-state index in [2.05, 4.69) is 17.2 Å². The molecular formula is C14H16N2O2. The van der Waals surface area contributed by atoms with Crippen LogP contribution in [0.4, 0.5) is 0 Å². The molecule has 1 amide bonds. The predicted octanol–water partition coefficient (Wildman–Crippen LogP) is 2.60. The zero-order valence-corrected chi connectivity index (χ0v) is 10.3. The monoisotopic (exact) mass is 244 g/mol. The van der Waals surface area contributed by atoms with Crippen molar-refractivity contribution in [3.63, 3.8) is 0 Å². The number of furan rings is 1. The molecule has 1 aliphatic rings. The zero-order valence-electron chi connectivity index (χ0n) is 10.3. The van der Waals surface area contributed by atoms with Crippen LogP contribution in [0.3, 0.4) is 0 Å². The average Bonchev–Trinajstić information content (AvgIpc) is 3.02. The van der Waals surface area contributed by atoms with Crippen LogP contribution in [0.1, 0.15) is 30.3 Å². The van der Waals surface area contributed by atoms with E-state index in [0.29, 0.717) is 17.3 Å². The second kappa shape index (κ2) is 4.44. The summed E-state index contributed by atoms with van der Waals surface area (Å²) < 4.78 is 5.46. The third-order valence-corrected chi connectivity index (χ3v) is 3.66. The van der Waals surface area contributed by atoms with Crippen LogP contribution in [-0.4, -0.2) is 17.4 Å². The van der Waals surface area contributed by atoms with E-state index in [4.69, 9.17) is 4.42 Å². The van der Waals surface area contributed by atoms with Gasteiger partial charge >= 0.3 is 0 Å². The number of pyridine rings is 1. The lowest BCUT2D eigenvalue weighted by Crippen LogP contribution is -2.25. The molecule has 1 fully saturated rings. The van der Waals surface area contributed by atoms with E-state index in [0.717, 1.165) is 17.8 Å². The number of fused-ring (bicyclic) bond motifs is 1. The molecule has 0 saturated heterocycles. The van der Waals surface area contributed by atoms with Gasteiger partial charge in [-0.1, -0.05) is 13.3 Å². The fourth-order valence-corrected chi connectivity index (χ4v) is 2.37. The summed E-state index contributed by atoms with van der Waals surface area (Å²) in [6, 6.07) is 3.60. The molecule has 4 heteroatoms. The van der Waals surface area contributed by atoms with Gasteiger partial charge in [0.1, 0.15) is 0 Å². The Bertz CT molecular complexity index is 543. The fourth-order valence-electron chi connectivity index (χ4n) is 2.37. The van der Waals surface area contributed by atoms with E-state index >= 15 is 0 Å². The number of hydrogen-bond acceptors (Lipinski definition) is 3. The first-order valence-electron chi connectivity index (χ1n) is 6.39. The van der Waals surface area contributed by atoms with Gasteiger partial charge in [-0.2, -0.15) is 0 Å². The lowest BCUT2D eigenvalue weighted by atomic mass is 10.2. The number of aromatic nitrogens is 1. The minimum Gasteiger partial charge on any atom is -0.449 e. The Morgan fingerprint density at radius 2 is 2.44 bits per heavy atom. The van der Waals surface area contributed by atoms with Crippen molar-refractivity contribution in [2.24, 2.45) is 11.8 Å². The van der Waals surface area contributed by atoms with E-state index in [-0.39, 0.29) is 5.91 Å². The number of nitrogens with one attached hydrogen (secondary N) is 1. The Labute approximate surface area is 105 Å². The molecule has 4 nitrogen and oxygen atoms in total. The SMILES string of the molecule is CCC1CC1CNC(=O)c1cc2ccncc2o1.